The van der Waals surface area contributed by atoms with Crippen LogP contribution >= 0.6 is 24.2 Å². The molecule has 0 radical (unpaired) electrons. The molecule has 1 atom stereocenters. The van der Waals surface area contributed by atoms with Crippen molar-refractivity contribution < 1.29 is 14.3 Å². The average Bonchev–Trinajstić information content (AvgIpc) is 3.15. The second-order valence-corrected chi connectivity index (χ2v) is 14.3. The van der Waals surface area contributed by atoms with Gasteiger partial charge >= 0.3 is 6.09 Å². The molecule has 0 spiro atoms. The van der Waals surface area contributed by atoms with Crippen LogP contribution in [0.3, 0.4) is 0 Å². The second-order valence-electron chi connectivity index (χ2n) is 13.4. The molecule has 0 bridgehead atoms. The van der Waals surface area contributed by atoms with Crippen molar-refractivity contribution in [1.82, 2.24) is 9.80 Å². The van der Waals surface area contributed by atoms with Crippen molar-refractivity contribution >= 4 is 53.3 Å². The fraction of sp³-hybridized carbons (Fsp3) is 0.545. The highest BCUT2D eigenvalue weighted by Crippen LogP contribution is 2.41. The normalized spacial score (nSPS) is 21.5. The maximum absolute atomic E-state index is 13.6. The van der Waals surface area contributed by atoms with Crippen LogP contribution in [-0.4, -0.2) is 84.3 Å². The third-order valence-corrected chi connectivity index (χ3v) is 9.58. The Hall–Kier alpha value is -3.13. The first-order chi connectivity index (χ1) is 20.8. The van der Waals surface area contributed by atoms with Gasteiger partial charge in [0.25, 0.3) is 5.91 Å². The van der Waals surface area contributed by atoms with E-state index in [4.69, 9.17) is 29.0 Å². The summed E-state index contributed by atoms with van der Waals surface area (Å²) in [6.07, 6.45) is 2.04. The number of carbonyl (C=O) groups is 2. The number of benzene rings is 2. The Balaban J connectivity index is 1.15. The summed E-state index contributed by atoms with van der Waals surface area (Å²) >= 11 is 11.2. The molecular formula is C33H43ClN6O3S. The summed E-state index contributed by atoms with van der Waals surface area (Å²) in [6.45, 7) is 15.8. The zero-order valence-electron chi connectivity index (χ0n) is 26.3. The van der Waals surface area contributed by atoms with Crippen molar-refractivity contribution in [3.05, 3.63) is 53.1 Å². The van der Waals surface area contributed by atoms with Gasteiger partial charge in [0.2, 0.25) is 0 Å². The van der Waals surface area contributed by atoms with Gasteiger partial charge < -0.3 is 19.4 Å². The Morgan fingerprint density at radius 3 is 2.16 bits per heavy atom. The molecule has 3 aliphatic rings. The molecule has 2 aromatic carbocycles. The van der Waals surface area contributed by atoms with Crippen molar-refractivity contribution in [3.63, 3.8) is 0 Å². The number of amides is 2. The summed E-state index contributed by atoms with van der Waals surface area (Å²) in [7, 11) is 0. The van der Waals surface area contributed by atoms with E-state index in [2.05, 4.69) is 40.1 Å². The van der Waals surface area contributed by atoms with Crippen LogP contribution in [-0.2, 0) is 9.53 Å². The molecule has 0 aromatic heterocycles. The molecule has 3 heterocycles. The van der Waals surface area contributed by atoms with Gasteiger partial charge in [-0.1, -0.05) is 11.6 Å². The minimum absolute atomic E-state index is 0.0873. The van der Waals surface area contributed by atoms with Gasteiger partial charge in [0, 0.05) is 62.9 Å². The van der Waals surface area contributed by atoms with E-state index in [0.29, 0.717) is 35.3 Å². The molecule has 0 aliphatic carbocycles. The fourth-order valence-electron chi connectivity index (χ4n) is 6.36. The number of piperidine rings is 1. The Morgan fingerprint density at radius 1 is 1.00 bits per heavy atom. The van der Waals surface area contributed by atoms with Crippen LogP contribution in [0.15, 0.2) is 42.5 Å². The molecule has 9 nitrogen and oxygen atoms in total. The molecule has 5 rings (SSSR count). The van der Waals surface area contributed by atoms with E-state index >= 15 is 0 Å². The van der Waals surface area contributed by atoms with E-state index in [-0.39, 0.29) is 12.0 Å². The molecule has 0 N–H and O–H groups in total. The van der Waals surface area contributed by atoms with Crippen LogP contribution in [0.4, 0.5) is 21.9 Å². The topological polar surface area (TPSA) is 83.4 Å². The van der Waals surface area contributed by atoms with Gasteiger partial charge in [-0.2, -0.15) is 5.26 Å². The van der Waals surface area contributed by atoms with E-state index < -0.39 is 16.6 Å². The smallest absolute Gasteiger partial charge is 0.410 e. The standard InChI is InChI=1S/C33H43ClN6O3S/c1-32(2,3)43-31(42)38-18-16-36(17-19-38)22-23-12-14-37(15-13-23)25-8-10-26(11-9-25)40-30(44)39(29(41)33(40,4)5)27-7-6-24(21-35)28(34)20-27/h6-11,20,23,30,44H,12-19,22H2,1-5H3. The minimum atomic E-state index is -0.828. The third kappa shape index (κ3) is 6.75. The third-order valence-electron chi connectivity index (χ3n) is 8.81. The number of nitriles is 1. The SMILES string of the molecule is CC(C)(C)OC(=O)N1CCN(CC2CCN(c3ccc(N4C(S)N(c5ccc(C#N)c(Cl)c5)C(=O)C4(C)C)cc3)CC2)CC1. The predicted octanol–water partition coefficient (Wildman–Crippen LogP) is 5.83. The number of hydrogen-bond acceptors (Lipinski definition) is 8. The average molecular weight is 639 g/mol. The molecule has 236 valence electrons. The van der Waals surface area contributed by atoms with E-state index in [1.807, 2.05) is 44.4 Å². The number of nitrogens with zero attached hydrogens (tertiary/aromatic N) is 6. The van der Waals surface area contributed by atoms with Crippen molar-refractivity contribution in [1.29, 1.82) is 5.26 Å². The largest absolute Gasteiger partial charge is 0.444 e. The number of hydrogen-bond donors (Lipinski definition) is 1. The quantitative estimate of drug-likeness (QED) is 0.413. The number of carbonyl (C=O) groups excluding carboxylic acids is 2. The molecule has 11 heteroatoms. The van der Waals surface area contributed by atoms with Crippen molar-refractivity contribution in [3.8, 4) is 6.07 Å². The van der Waals surface area contributed by atoms with Crippen molar-refractivity contribution in [2.45, 2.75) is 64.1 Å². The molecule has 3 aliphatic heterocycles. The highest BCUT2D eigenvalue weighted by Gasteiger charge is 2.51. The summed E-state index contributed by atoms with van der Waals surface area (Å²) in [6, 6.07) is 15.5. The lowest BCUT2D eigenvalue weighted by atomic mass is 9.95. The van der Waals surface area contributed by atoms with Crippen molar-refractivity contribution in [2.75, 3.05) is 60.5 Å². The predicted molar refractivity (Wildman–Crippen MR) is 179 cm³/mol. The summed E-state index contributed by atoms with van der Waals surface area (Å²) < 4.78 is 5.53. The maximum Gasteiger partial charge on any atom is 0.410 e. The van der Waals surface area contributed by atoms with Gasteiger partial charge in [-0.15, -0.1) is 12.6 Å². The molecule has 2 aromatic rings. The Bertz CT molecular complexity index is 1410. The Morgan fingerprint density at radius 2 is 1.59 bits per heavy atom. The Labute approximate surface area is 271 Å². The van der Waals surface area contributed by atoms with E-state index in [1.54, 1.807) is 23.1 Å². The maximum atomic E-state index is 13.6. The molecule has 2 amide bonds. The van der Waals surface area contributed by atoms with E-state index in [9.17, 15) is 14.9 Å². The summed E-state index contributed by atoms with van der Waals surface area (Å²) in [4.78, 5) is 36.3. The first kappa shape index (κ1) is 32.3. The summed E-state index contributed by atoms with van der Waals surface area (Å²) in [5.41, 5.74) is 1.23. The zero-order valence-corrected chi connectivity index (χ0v) is 27.9. The monoisotopic (exact) mass is 638 g/mol. The van der Waals surface area contributed by atoms with E-state index in [1.165, 1.54) is 5.69 Å². The van der Waals surface area contributed by atoms with Crippen LogP contribution in [0.5, 0.6) is 0 Å². The van der Waals surface area contributed by atoms with Gasteiger partial charge in [-0.25, -0.2) is 4.79 Å². The van der Waals surface area contributed by atoms with Crippen LogP contribution in [0.1, 0.15) is 53.0 Å². The fourth-order valence-corrected chi connectivity index (χ4v) is 7.24. The van der Waals surface area contributed by atoms with Crippen LogP contribution in [0.2, 0.25) is 5.02 Å². The van der Waals surface area contributed by atoms with Crippen molar-refractivity contribution in [2.24, 2.45) is 5.92 Å². The lowest BCUT2D eigenvalue weighted by Gasteiger charge is -2.39. The number of anilines is 3. The number of rotatable bonds is 5. The number of piperazine rings is 1. The van der Waals surface area contributed by atoms with Crippen LogP contribution < -0.4 is 14.7 Å². The van der Waals surface area contributed by atoms with Crippen LogP contribution in [0, 0.1) is 17.2 Å². The van der Waals surface area contributed by atoms with E-state index in [0.717, 1.165) is 51.3 Å². The number of thiol groups is 1. The molecule has 3 fully saturated rings. The Kier molecular flexibility index (Phi) is 9.31. The lowest BCUT2D eigenvalue weighted by molar-refractivity contribution is -0.120. The molecule has 0 saturated carbocycles. The number of halogens is 1. The van der Waals surface area contributed by atoms with Crippen LogP contribution in [0.25, 0.3) is 0 Å². The molecule has 3 saturated heterocycles. The second kappa shape index (κ2) is 12.7. The van der Waals surface area contributed by atoms with Gasteiger partial charge in [0.15, 0.2) is 5.50 Å². The van der Waals surface area contributed by atoms with Gasteiger partial charge in [0.1, 0.15) is 17.2 Å². The summed E-state index contributed by atoms with van der Waals surface area (Å²) in [5.74, 6) is 0.553. The van der Waals surface area contributed by atoms with Gasteiger partial charge in [-0.3, -0.25) is 14.6 Å². The minimum Gasteiger partial charge on any atom is -0.444 e. The molecular weight excluding hydrogens is 596 g/mol. The van der Waals surface area contributed by atoms with Gasteiger partial charge in [0.05, 0.1) is 10.6 Å². The zero-order chi connectivity index (χ0) is 31.8. The summed E-state index contributed by atoms with van der Waals surface area (Å²) in [5, 5.41) is 9.55. The number of ether oxygens (including phenoxy) is 1. The molecule has 44 heavy (non-hydrogen) atoms. The lowest BCUT2D eigenvalue weighted by Crippen LogP contribution is -2.51. The first-order valence-corrected chi connectivity index (χ1v) is 16.2. The highest BCUT2D eigenvalue weighted by molar-refractivity contribution is 7.81. The highest BCUT2D eigenvalue weighted by atomic mass is 35.5. The van der Waals surface area contributed by atoms with Gasteiger partial charge in [-0.05, 0) is 95.8 Å². The first-order valence-electron chi connectivity index (χ1n) is 15.3. The molecule has 1 unspecified atom stereocenters.